The lowest BCUT2D eigenvalue weighted by Gasteiger charge is -2.07. The van der Waals surface area contributed by atoms with E-state index in [1.165, 1.54) is 0 Å². The van der Waals surface area contributed by atoms with Gasteiger partial charge in [0.05, 0.1) is 17.7 Å². The molecule has 3 N–H and O–H groups in total. The molecule has 1 atom stereocenters. The largest absolute Gasteiger partial charge is 0.393 e. The van der Waals surface area contributed by atoms with Crippen LogP contribution in [0, 0.1) is 6.92 Å². The van der Waals surface area contributed by atoms with Gasteiger partial charge >= 0.3 is 6.03 Å². The molecule has 5 nitrogen and oxygen atoms in total. The lowest BCUT2D eigenvalue weighted by Crippen LogP contribution is -2.36. The van der Waals surface area contributed by atoms with E-state index >= 15 is 0 Å². The molecule has 90 valence electrons. The Bertz CT molecular complexity index is 339. The number of aliphatic hydroxyl groups excluding tert-OH is 1. The van der Waals surface area contributed by atoms with E-state index in [2.05, 4.69) is 15.6 Å². The first-order valence-corrected chi connectivity index (χ1v) is 6.00. The third-order valence-corrected chi connectivity index (χ3v) is 2.85. The number of hydrogen-bond acceptors (Lipinski definition) is 4. The Balaban J connectivity index is 2.15. The Morgan fingerprint density at radius 3 is 2.94 bits per heavy atom. The zero-order chi connectivity index (χ0) is 12.0. The number of thiazole rings is 1. The van der Waals surface area contributed by atoms with E-state index in [-0.39, 0.29) is 12.1 Å². The topological polar surface area (TPSA) is 74.2 Å². The average molecular weight is 243 g/mol. The highest BCUT2D eigenvalue weighted by Crippen LogP contribution is 2.10. The lowest BCUT2D eigenvalue weighted by molar-refractivity contribution is 0.183. The number of urea groups is 1. The summed E-state index contributed by atoms with van der Waals surface area (Å²) in [6, 6.07) is -0.216. The molecule has 0 fully saturated rings. The van der Waals surface area contributed by atoms with Gasteiger partial charge in [-0.2, -0.15) is 0 Å². The zero-order valence-corrected chi connectivity index (χ0v) is 10.3. The van der Waals surface area contributed by atoms with Gasteiger partial charge in [0, 0.05) is 17.6 Å². The van der Waals surface area contributed by atoms with Crippen LogP contribution in [0.25, 0.3) is 0 Å². The van der Waals surface area contributed by atoms with Gasteiger partial charge in [-0.3, -0.25) is 0 Å². The molecule has 0 bridgehead atoms. The molecule has 1 unspecified atom stereocenters. The summed E-state index contributed by atoms with van der Waals surface area (Å²) < 4.78 is 0. The fourth-order valence-electron chi connectivity index (χ4n) is 1.11. The molecule has 0 radical (unpaired) electrons. The van der Waals surface area contributed by atoms with Crippen LogP contribution in [0.5, 0.6) is 0 Å². The van der Waals surface area contributed by atoms with E-state index in [1.807, 2.05) is 6.92 Å². The van der Waals surface area contributed by atoms with Crippen molar-refractivity contribution in [3.05, 3.63) is 16.1 Å². The number of amides is 2. The van der Waals surface area contributed by atoms with Crippen LogP contribution in [0.3, 0.4) is 0 Å². The summed E-state index contributed by atoms with van der Waals surface area (Å²) in [4.78, 5) is 16.4. The maximum atomic E-state index is 11.3. The average Bonchev–Trinajstić information content (AvgIpc) is 2.61. The number of hydrogen-bond donors (Lipinski definition) is 3. The molecule has 1 heterocycles. The van der Waals surface area contributed by atoms with Gasteiger partial charge < -0.3 is 15.7 Å². The van der Waals surface area contributed by atoms with Gasteiger partial charge in [-0.1, -0.05) is 0 Å². The maximum absolute atomic E-state index is 11.3. The number of aryl methyl sites for hydroxylation is 1. The quantitative estimate of drug-likeness (QED) is 0.723. The normalized spacial score (nSPS) is 12.2. The number of carbonyl (C=O) groups excluding carboxylic acids is 1. The van der Waals surface area contributed by atoms with E-state index in [4.69, 9.17) is 5.11 Å². The molecule has 16 heavy (non-hydrogen) atoms. The minimum absolute atomic E-state index is 0.216. The molecule has 0 aliphatic heterocycles. The molecule has 0 saturated carbocycles. The summed E-state index contributed by atoms with van der Waals surface area (Å²) in [5, 5.41) is 15.4. The maximum Gasteiger partial charge on any atom is 0.315 e. The number of aromatic nitrogens is 1. The second-order valence-corrected chi connectivity index (χ2v) is 4.91. The second kappa shape index (κ2) is 6.44. The highest BCUT2D eigenvalue weighted by atomic mass is 32.1. The van der Waals surface area contributed by atoms with E-state index in [1.54, 1.807) is 24.5 Å². The molecule has 6 heteroatoms. The third-order valence-electron chi connectivity index (χ3n) is 1.94. The van der Waals surface area contributed by atoms with E-state index < -0.39 is 0 Å². The van der Waals surface area contributed by atoms with E-state index in [0.717, 1.165) is 9.88 Å². The molecule has 1 rings (SSSR count). The third kappa shape index (κ3) is 5.09. The smallest absolute Gasteiger partial charge is 0.315 e. The molecule has 0 aromatic carbocycles. The van der Waals surface area contributed by atoms with Crippen molar-refractivity contribution in [2.45, 2.75) is 32.9 Å². The first-order valence-electron chi connectivity index (χ1n) is 5.19. The van der Waals surface area contributed by atoms with Crippen molar-refractivity contribution in [2.24, 2.45) is 0 Å². The molecule has 2 amide bonds. The molecular weight excluding hydrogens is 226 g/mol. The van der Waals surface area contributed by atoms with Gasteiger partial charge in [0.2, 0.25) is 0 Å². The summed E-state index contributed by atoms with van der Waals surface area (Å²) in [7, 11) is 0. The molecule has 0 aliphatic carbocycles. The first-order chi connectivity index (χ1) is 7.58. The van der Waals surface area contributed by atoms with Crippen molar-refractivity contribution in [2.75, 3.05) is 6.54 Å². The van der Waals surface area contributed by atoms with Crippen molar-refractivity contribution < 1.29 is 9.90 Å². The highest BCUT2D eigenvalue weighted by molar-refractivity contribution is 7.11. The lowest BCUT2D eigenvalue weighted by atomic mass is 10.3. The Labute approximate surface area is 98.9 Å². The summed E-state index contributed by atoms with van der Waals surface area (Å²) in [6.07, 6.45) is 1.94. The Hall–Kier alpha value is -1.14. The summed E-state index contributed by atoms with van der Waals surface area (Å²) in [5.74, 6) is 0. The Kier molecular flexibility index (Phi) is 5.21. The number of rotatable bonds is 5. The minimum Gasteiger partial charge on any atom is -0.393 e. The molecular formula is C10H17N3O2S. The van der Waals surface area contributed by atoms with Gasteiger partial charge in [0.25, 0.3) is 0 Å². The fraction of sp³-hybridized carbons (Fsp3) is 0.600. The Morgan fingerprint density at radius 2 is 2.38 bits per heavy atom. The van der Waals surface area contributed by atoms with Gasteiger partial charge in [0.1, 0.15) is 0 Å². The molecule has 0 spiro atoms. The van der Waals surface area contributed by atoms with Crippen LogP contribution in [-0.4, -0.2) is 28.8 Å². The minimum atomic E-state index is -0.385. The van der Waals surface area contributed by atoms with Crippen LogP contribution >= 0.6 is 11.3 Å². The van der Waals surface area contributed by atoms with Crippen molar-refractivity contribution >= 4 is 17.4 Å². The van der Waals surface area contributed by atoms with Crippen LogP contribution in [0.4, 0.5) is 4.79 Å². The van der Waals surface area contributed by atoms with Gasteiger partial charge in [0.15, 0.2) is 0 Å². The summed E-state index contributed by atoms with van der Waals surface area (Å²) in [6.45, 7) is 4.59. The van der Waals surface area contributed by atoms with Crippen LogP contribution in [-0.2, 0) is 6.54 Å². The molecule has 1 aromatic heterocycles. The summed E-state index contributed by atoms with van der Waals surface area (Å²) in [5.41, 5.74) is 0. The van der Waals surface area contributed by atoms with Gasteiger partial charge in [-0.05, 0) is 20.3 Å². The predicted molar refractivity (Wildman–Crippen MR) is 63.4 cm³/mol. The standard InChI is InChI=1S/C10H17N3O2S/c1-7(14)3-4-11-10(15)13-6-9-5-12-8(2)16-9/h5,7,14H,3-4,6H2,1-2H3,(H2,11,13,15). The fourth-order valence-corrected chi connectivity index (χ4v) is 1.85. The zero-order valence-electron chi connectivity index (χ0n) is 9.49. The number of carbonyl (C=O) groups is 1. The number of aliphatic hydroxyl groups is 1. The highest BCUT2D eigenvalue weighted by Gasteiger charge is 2.02. The van der Waals surface area contributed by atoms with Crippen LogP contribution in [0.1, 0.15) is 23.2 Å². The second-order valence-electron chi connectivity index (χ2n) is 3.59. The van der Waals surface area contributed by atoms with E-state index in [0.29, 0.717) is 19.5 Å². The SMILES string of the molecule is Cc1ncc(CNC(=O)NCCC(C)O)s1. The monoisotopic (exact) mass is 243 g/mol. The summed E-state index contributed by atoms with van der Waals surface area (Å²) >= 11 is 1.56. The molecule has 0 saturated heterocycles. The van der Waals surface area contributed by atoms with E-state index in [9.17, 15) is 4.79 Å². The number of nitrogens with zero attached hydrogens (tertiary/aromatic N) is 1. The van der Waals surface area contributed by atoms with Gasteiger partial charge in [-0.25, -0.2) is 9.78 Å². The predicted octanol–water partition coefficient (Wildman–Crippen LogP) is 1.02. The van der Waals surface area contributed by atoms with Crippen LogP contribution in [0.2, 0.25) is 0 Å². The molecule has 0 aliphatic rings. The Morgan fingerprint density at radius 1 is 1.62 bits per heavy atom. The first kappa shape index (κ1) is 12.9. The number of nitrogens with one attached hydrogen (secondary N) is 2. The van der Waals surface area contributed by atoms with Crippen molar-refractivity contribution in [3.63, 3.8) is 0 Å². The molecule has 1 aromatic rings. The van der Waals surface area contributed by atoms with Crippen molar-refractivity contribution in [1.29, 1.82) is 0 Å². The van der Waals surface area contributed by atoms with Crippen molar-refractivity contribution in [1.82, 2.24) is 15.6 Å². The van der Waals surface area contributed by atoms with Crippen molar-refractivity contribution in [3.8, 4) is 0 Å². The van der Waals surface area contributed by atoms with Crippen LogP contribution < -0.4 is 10.6 Å². The van der Waals surface area contributed by atoms with Gasteiger partial charge in [-0.15, -0.1) is 11.3 Å². The van der Waals surface area contributed by atoms with Crippen LogP contribution in [0.15, 0.2) is 6.20 Å².